The van der Waals surface area contributed by atoms with Gasteiger partial charge in [-0.15, -0.1) is 0 Å². The summed E-state index contributed by atoms with van der Waals surface area (Å²) in [4.78, 5) is 19.0. The average molecular weight is 345 g/mol. The Morgan fingerprint density at radius 3 is 2.88 bits per heavy atom. The molecule has 2 aromatic rings. The predicted octanol–water partition coefficient (Wildman–Crippen LogP) is 2.93. The van der Waals surface area contributed by atoms with Crippen LogP contribution < -0.4 is 5.32 Å². The molecule has 1 aromatic heterocycles. The molecular formula is C19H24FN3O2. The predicted molar refractivity (Wildman–Crippen MR) is 93.6 cm³/mol. The fourth-order valence-corrected chi connectivity index (χ4v) is 3.12. The summed E-state index contributed by atoms with van der Waals surface area (Å²) in [5, 5.41) is 2.97. The van der Waals surface area contributed by atoms with E-state index in [1.54, 1.807) is 19.1 Å². The van der Waals surface area contributed by atoms with Crippen molar-refractivity contribution in [3.63, 3.8) is 0 Å². The zero-order valence-corrected chi connectivity index (χ0v) is 14.7. The van der Waals surface area contributed by atoms with E-state index in [4.69, 9.17) is 4.42 Å². The van der Waals surface area contributed by atoms with Crippen molar-refractivity contribution in [3.05, 3.63) is 41.5 Å². The molecule has 1 N–H and O–H groups in total. The molecule has 1 fully saturated rings. The quantitative estimate of drug-likeness (QED) is 0.874. The Hall–Kier alpha value is -2.21. The maximum atomic E-state index is 13.3. The van der Waals surface area contributed by atoms with E-state index in [9.17, 15) is 9.18 Å². The minimum absolute atomic E-state index is 0.0757. The first-order valence-corrected chi connectivity index (χ1v) is 8.76. The second-order valence-corrected chi connectivity index (χ2v) is 6.61. The number of carbonyl (C=O) groups excluding carboxylic acids is 1. The highest BCUT2D eigenvalue weighted by Gasteiger charge is 2.19. The molecule has 0 aliphatic carbocycles. The Morgan fingerprint density at radius 1 is 1.40 bits per heavy atom. The van der Waals surface area contributed by atoms with Crippen molar-refractivity contribution in [2.75, 3.05) is 19.6 Å². The molecule has 2 heterocycles. The Bertz CT molecular complexity index is 738. The van der Waals surface area contributed by atoms with Gasteiger partial charge in [-0.05, 0) is 58.0 Å². The van der Waals surface area contributed by atoms with Crippen LogP contribution in [0.3, 0.4) is 0 Å². The van der Waals surface area contributed by atoms with Gasteiger partial charge in [-0.2, -0.15) is 0 Å². The minimum Gasteiger partial charge on any atom is -0.441 e. The number of benzene rings is 1. The van der Waals surface area contributed by atoms with Crippen LogP contribution in [-0.4, -0.2) is 41.5 Å². The van der Waals surface area contributed by atoms with E-state index in [0.717, 1.165) is 13.1 Å². The number of oxazole rings is 1. The molecule has 3 rings (SSSR count). The molecule has 0 radical (unpaired) electrons. The number of hydrogen-bond donors (Lipinski definition) is 1. The van der Waals surface area contributed by atoms with Crippen LogP contribution in [0.4, 0.5) is 4.39 Å². The number of rotatable bonds is 6. The SMILES string of the molecule is Cc1oc(-c2cccc(F)c2)nc1CC(=O)NCC(C)N1CCCC1. The number of halogens is 1. The van der Waals surface area contributed by atoms with E-state index >= 15 is 0 Å². The molecular weight excluding hydrogens is 321 g/mol. The third-order valence-corrected chi connectivity index (χ3v) is 4.65. The van der Waals surface area contributed by atoms with Crippen LogP contribution in [0.5, 0.6) is 0 Å². The van der Waals surface area contributed by atoms with E-state index in [2.05, 4.69) is 22.1 Å². The maximum absolute atomic E-state index is 13.3. The van der Waals surface area contributed by atoms with Crippen LogP contribution in [-0.2, 0) is 11.2 Å². The lowest BCUT2D eigenvalue weighted by molar-refractivity contribution is -0.120. The highest BCUT2D eigenvalue weighted by Crippen LogP contribution is 2.22. The second-order valence-electron chi connectivity index (χ2n) is 6.61. The zero-order chi connectivity index (χ0) is 17.8. The lowest BCUT2D eigenvalue weighted by Crippen LogP contribution is -2.41. The van der Waals surface area contributed by atoms with E-state index in [1.165, 1.54) is 25.0 Å². The van der Waals surface area contributed by atoms with Crippen LogP contribution >= 0.6 is 0 Å². The van der Waals surface area contributed by atoms with Gasteiger partial charge in [-0.3, -0.25) is 9.69 Å². The largest absolute Gasteiger partial charge is 0.441 e. The maximum Gasteiger partial charge on any atom is 0.226 e. The molecule has 0 spiro atoms. The van der Waals surface area contributed by atoms with Gasteiger partial charge >= 0.3 is 0 Å². The summed E-state index contributed by atoms with van der Waals surface area (Å²) in [5.74, 6) is 0.504. The van der Waals surface area contributed by atoms with Crippen molar-refractivity contribution in [1.82, 2.24) is 15.2 Å². The summed E-state index contributed by atoms with van der Waals surface area (Å²) in [6.07, 6.45) is 2.63. The van der Waals surface area contributed by atoms with Crippen molar-refractivity contribution in [1.29, 1.82) is 0 Å². The Balaban J connectivity index is 1.58. The molecule has 1 amide bonds. The number of aryl methyl sites for hydroxylation is 1. The molecule has 5 nitrogen and oxygen atoms in total. The zero-order valence-electron chi connectivity index (χ0n) is 14.7. The number of carbonyl (C=O) groups is 1. The minimum atomic E-state index is -0.344. The monoisotopic (exact) mass is 345 g/mol. The molecule has 6 heteroatoms. The van der Waals surface area contributed by atoms with Gasteiger partial charge in [0, 0.05) is 18.2 Å². The molecule has 1 unspecified atom stereocenters. The van der Waals surface area contributed by atoms with Gasteiger partial charge in [-0.1, -0.05) is 6.07 Å². The lowest BCUT2D eigenvalue weighted by Gasteiger charge is -2.23. The van der Waals surface area contributed by atoms with Gasteiger partial charge in [0.1, 0.15) is 11.6 Å². The number of amides is 1. The van der Waals surface area contributed by atoms with E-state index in [1.807, 2.05) is 0 Å². The Labute approximate surface area is 147 Å². The van der Waals surface area contributed by atoms with E-state index in [0.29, 0.717) is 35.5 Å². The Kier molecular flexibility index (Phi) is 5.48. The summed E-state index contributed by atoms with van der Waals surface area (Å²) in [6.45, 7) is 6.75. The summed E-state index contributed by atoms with van der Waals surface area (Å²) >= 11 is 0. The van der Waals surface area contributed by atoms with Gasteiger partial charge in [-0.25, -0.2) is 9.37 Å². The van der Waals surface area contributed by atoms with Crippen LogP contribution in [0.1, 0.15) is 31.2 Å². The molecule has 25 heavy (non-hydrogen) atoms. The summed E-state index contributed by atoms with van der Waals surface area (Å²) < 4.78 is 18.9. The molecule has 1 aliphatic rings. The van der Waals surface area contributed by atoms with Crippen molar-refractivity contribution in [2.45, 2.75) is 39.2 Å². The molecule has 134 valence electrons. The second kappa shape index (κ2) is 7.78. The van der Waals surface area contributed by atoms with Gasteiger partial charge in [0.05, 0.1) is 12.1 Å². The summed E-state index contributed by atoms with van der Waals surface area (Å²) in [5.41, 5.74) is 1.16. The van der Waals surface area contributed by atoms with Crippen LogP contribution in [0.25, 0.3) is 11.5 Å². The number of nitrogens with one attached hydrogen (secondary N) is 1. The van der Waals surface area contributed by atoms with Gasteiger partial charge in [0.15, 0.2) is 0 Å². The standard InChI is InChI=1S/C19H24FN3O2/c1-13(23-8-3-4-9-23)12-21-18(24)11-17-14(2)25-19(22-17)15-6-5-7-16(20)10-15/h5-7,10,13H,3-4,8-9,11-12H2,1-2H3,(H,21,24). The fraction of sp³-hybridized carbons (Fsp3) is 0.474. The summed E-state index contributed by atoms with van der Waals surface area (Å²) in [7, 11) is 0. The highest BCUT2D eigenvalue weighted by molar-refractivity contribution is 5.78. The van der Waals surface area contributed by atoms with E-state index < -0.39 is 0 Å². The van der Waals surface area contributed by atoms with Crippen molar-refractivity contribution >= 4 is 5.91 Å². The molecule has 1 saturated heterocycles. The van der Waals surface area contributed by atoms with Gasteiger partial charge < -0.3 is 9.73 Å². The first-order chi connectivity index (χ1) is 12.0. The normalized spacial score (nSPS) is 16.1. The number of nitrogens with zero attached hydrogens (tertiary/aromatic N) is 2. The van der Waals surface area contributed by atoms with Crippen LogP contribution in [0.2, 0.25) is 0 Å². The molecule has 1 atom stereocenters. The number of aromatic nitrogens is 1. The Morgan fingerprint density at radius 2 is 2.16 bits per heavy atom. The number of hydrogen-bond acceptors (Lipinski definition) is 4. The molecule has 0 saturated carbocycles. The first-order valence-electron chi connectivity index (χ1n) is 8.76. The summed E-state index contributed by atoms with van der Waals surface area (Å²) in [6, 6.07) is 6.42. The molecule has 0 bridgehead atoms. The van der Waals surface area contributed by atoms with Gasteiger partial charge in [0.2, 0.25) is 11.8 Å². The van der Waals surface area contributed by atoms with Crippen molar-refractivity contribution in [3.8, 4) is 11.5 Å². The third-order valence-electron chi connectivity index (χ3n) is 4.65. The molecule has 1 aromatic carbocycles. The number of likely N-dealkylation sites (tertiary alicyclic amines) is 1. The molecule has 1 aliphatic heterocycles. The highest BCUT2D eigenvalue weighted by atomic mass is 19.1. The topological polar surface area (TPSA) is 58.4 Å². The van der Waals surface area contributed by atoms with Crippen molar-refractivity contribution < 1.29 is 13.6 Å². The third kappa shape index (κ3) is 4.45. The van der Waals surface area contributed by atoms with Gasteiger partial charge in [0.25, 0.3) is 0 Å². The van der Waals surface area contributed by atoms with Crippen LogP contribution in [0, 0.1) is 12.7 Å². The first kappa shape index (κ1) is 17.6. The lowest BCUT2D eigenvalue weighted by atomic mass is 10.2. The van der Waals surface area contributed by atoms with E-state index in [-0.39, 0.29) is 18.1 Å². The smallest absolute Gasteiger partial charge is 0.226 e. The fourth-order valence-electron chi connectivity index (χ4n) is 3.12. The van der Waals surface area contributed by atoms with Crippen molar-refractivity contribution in [2.24, 2.45) is 0 Å². The van der Waals surface area contributed by atoms with Crippen LogP contribution in [0.15, 0.2) is 28.7 Å². The average Bonchev–Trinajstić information content (AvgIpc) is 3.23.